The van der Waals surface area contributed by atoms with Crippen molar-refractivity contribution in [2.24, 2.45) is 0 Å². The van der Waals surface area contributed by atoms with Crippen LogP contribution in [0.4, 0.5) is 0 Å². The van der Waals surface area contributed by atoms with Gasteiger partial charge in [0.05, 0.1) is 0 Å². The van der Waals surface area contributed by atoms with Gasteiger partial charge in [-0.25, -0.2) is 4.79 Å². The zero-order valence-electron chi connectivity index (χ0n) is 8.27. The molecule has 0 saturated heterocycles. The Morgan fingerprint density at radius 1 is 1.57 bits per heavy atom. The van der Waals surface area contributed by atoms with E-state index in [0.29, 0.717) is 5.69 Å². The van der Waals surface area contributed by atoms with Gasteiger partial charge in [-0.3, -0.25) is 0 Å². The number of nitrogens with zero attached hydrogens (tertiary/aromatic N) is 1. The average Bonchev–Trinajstić information content (AvgIpc) is 2.60. The molecule has 1 aromatic rings. The Morgan fingerprint density at radius 3 is 3.00 bits per heavy atom. The number of unbranched alkanes of at least 4 members (excludes halogenated alkanes) is 1. The lowest BCUT2D eigenvalue weighted by molar-refractivity contribution is 0.0685. The normalized spacial score (nSPS) is 10.4. The maximum absolute atomic E-state index is 10.7. The SMILES string of the molecule is COCCCCn1cccc1C(=O)O. The predicted molar refractivity (Wildman–Crippen MR) is 52.5 cm³/mol. The minimum atomic E-state index is -0.873. The van der Waals surface area contributed by atoms with Gasteiger partial charge in [0.2, 0.25) is 0 Å². The molecule has 0 aliphatic heterocycles. The van der Waals surface area contributed by atoms with E-state index in [4.69, 9.17) is 9.84 Å². The van der Waals surface area contributed by atoms with Crippen LogP contribution in [0.2, 0.25) is 0 Å². The van der Waals surface area contributed by atoms with Crippen molar-refractivity contribution < 1.29 is 14.6 Å². The zero-order valence-corrected chi connectivity index (χ0v) is 8.27. The maximum Gasteiger partial charge on any atom is 0.352 e. The number of rotatable bonds is 6. The number of carbonyl (C=O) groups is 1. The molecule has 78 valence electrons. The Bertz CT molecular complexity index is 293. The number of methoxy groups -OCH3 is 1. The van der Waals surface area contributed by atoms with Gasteiger partial charge in [-0.1, -0.05) is 0 Å². The predicted octanol–water partition coefficient (Wildman–Crippen LogP) is 1.61. The van der Waals surface area contributed by atoms with E-state index in [9.17, 15) is 4.79 Å². The number of aromatic carboxylic acids is 1. The monoisotopic (exact) mass is 197 g/mol. The van der Waals surface area contributed by atoms with Crippen molar-refractivity contribution in [1.29, 1.82) is 0 Å². The van der Waals surface area contributed by atoms with Crippen LogP contribution in [0.25, 0.3) is 0 Å². The summed E-state index contributed by atoms with van der Waals surface area (Å²) >= 11 is 0. The molecule has 1 N–H and O–H groups in total. The second-order valence-corrected chi connectivity index (χ2v) is 3.09. The van der Waals surface area contributed by atoms with E-state index in [0.717, 1.165) is 26.0 Å². The number of hydrogen-bond acceptors (Lipinski definition) is 2. The summed E-state index contributed by atoms with van der Waals surface area (Å²) in [6.45, 7) is 1.46. The molecule has 1 rings (SSSR count). The fourth-order valence-corrected chi connectivity index (χ4v) is 1.33. The highest BCUT2D eigenvalue weighted by Crippen LogP contribution is 2.04. The van der Waals surface area contributed by atoms with Crippen LogP contribution in [0.3, 0.4) is 0 Å². The van der Waals surface area contributed by atoms with Gasteiger partial charge < -0.3 is 14.4 Å². The van der Waals surface area contributed by atoms with E-state index in [2.05, 4.69) is 0 Å². The van der Waals surface area contributed by atoms with Gasteiger partial charge in [-0.05, 0) is 25.0 Å². The summed E-state index contributed by atoms with van der Waals surface area (Å²) in [5.74, 6) is -0.873. The molecule has 0 spiro atoms. The highest BCUT2D eigenvalue weighted by Gasteiger charge is 2.07. The molecule has 1 heterocycles. The number of carboxylic acids is 1. The Hall–Kier alpha value is -1.29. The van der Waals surface area contributed by atoms with Gasteiger partial charge in [-0.15, -0.1) is 0 Å². The van der Waals surface area contributed by atoms with Crippen LogP contribution in [0.1, 0.15) is 23.3 Å². The summed E-state index contributed by atoms with van der Waals surface area (Å²) in [5.41, 5.74) is 0.349. The third-order valence-corrected chi connectivity index (χ3v) is 2.05. The van der Waals surface area contributed by atoms with Gasteiger partial charge >= 0.3 is 5.97 Å². The highest BCUT2D eigenvalue weighted by atomic mass is 16.5. The first-order valence-corrected chi connectivity index (χ1v) is 4.63. The molecule has 0 amide bonds. The average molecular weight is 197 g/mol. The molecule has 0 aliphatic rings. The largest absolute Gasteiger partial charge is 0.477 e. The Balaban J connectivity index is 2.42. The minimum absolute atomic E-state index is 0.349. The lowest BCUT2D eigenvalue weighted by atomic mass is 10.3. The van der Waals surface area contributed by atoms with Gasteiger partial charge in [-0.2, -0.15) is 0 Å². The van der Waals surface area contributed by atoms with Crippen molar-refractivity contribution in [2.45, 2.75) is 19.4 Å². The fourth-order valence-electron chi connectivity index (χ4n) is 1.33. The van der Waals surface area contributed by atoms with Crippen molar-refractivity contribution in [3.8, 4) is 0 Å². The number of carboxylic acid groups (broad SMARTS) is 1. The highest BCUT2D eigenvalue weighted by molar-refractivity contribution is 5.85. The molecule has 14 heavy (non-hydrogen) atoms. The van der Waals surface area contributed by atoms with E-state index < -0.39 is 5.97 Å². The second-order valence-electron chi connectivity index (χ2n) is 3.09. The van der Waals surface area contributed by atoms with Gasteiger partial charge in [0.25, 0.3) is 0 Å². The van der Waals surface area contributed by atoms with Crippen molar-refractivity contribution in [3.63, 3.8) is 0 Å². The van der Waals surface area contributed by atoms with Crippen LogP contribution in [-0.4, -0.2) is 29.4 Å². The Labute approximate surface area is 83.1 Å². The molecule has 0 radical (unpaired) electrons. The molecule has 0 aliphatic carbocycles. The van der Waals surface area contributed by atoms with Crippen LogP contribution in [0.5, 0.6) is 0 Å². The summed E-state index contributed by atoms with van der Waals surface area (Å²) in [6.07, 6.45) is 3.67. The van der Waals surface area contributed by atoms with Gasteiger partial charge in [0.1, 0.15) is 5.69 Å². The van der Waals surface area contributed by atoms with Crippen molar-refractivity contribution >= 4 is 5.97 Å². The molecule has 1 aromatic heterocycles. The van der Waals surface area contributed by atoms with Crippen molar-refractivity contribution in [2.75, 3.05) is 13.7 Å². The quantitative estimate of drug-likeness (QED) is 0.705. The summed E-state index contributed by atoms with van der Waals surface area (Å²) in [4.78, 5) is 10.7. The molecular weight excluding hydrogens is 182 g/mol. The van der Waals surface area contributed by atoms with Crippen molar-refractivity contribution in [3.05, 3.63) is 24.0 Å². The van der Waals surface area contributed by atoms with Crippen molar-refractivity contribution in [1.82, 2.24) is 4.57 Å². The summed E-state index contributed by atoms with van der Waals surface area (Å²) in [6, 6.07) is 3.36. The Morgan fingerprint density at radius 2 is 2.36 bits per heavy atom. The third-order valence-electron chi connectivity index (χ3n) is 2.05. The smallest absolute Gasteiger partial charge is 0.352 e. The van der Waals surface area contributed by atoms with Gasteiger partial charge in [0, 0.05) is 26.5 Å². The first kappa shape index (κ1) is 10.8. The standard InChI is InChI=1S/C10H15NO3/c1-14-8-3-2-6-11-7-4-5-9(11)10(12)13/h4-5,7H,2-3,6,8H2,1H3,(H,12,13). The van der Waals surface area contributed by atoms with Crippen LogP contribution in [0.15, 0.2) is 18.3 Å². The number of ether oxygens (including phenoxy) is 1. The summed E-state index contributed by atoms with van der Waals surface area (Å²) in [7, 11) is 1.67. The van der Waals surface area contributed by atoms with E-state index in [1.165, 1.54) is 0 Å². The van der Waals surface area contributed by atoms with E-state index in [1.54, 1.807) is 30.0 Å². The lowest BCUT2D eigenvalue weighted by Crippen LogP contribution is -2.08. The first-order chi connectivity index (χ1) is 6.75. The second kappa shape index (κ2) is 5.44. The van der Waals surface area contributed by atoms with Gasteiger partial charge in [0.15, 0.2) is 0 Å². The Kier molecular flexibility index (Phi) is 4.19. The number of aromatic nitrogens is 1. The lowest BCUT2D eigenvalue weighted by Gasteiger charge is -2.05. The van der Waals surface area contributed by atoms with E-state index in [-0.39, 0.29) is 0 Å². The number of hydrogen-bond donors (Lipinski definition) is 1. The topological polar surface area (TPSA) is 51.5 Å². The molecule has 0 atom stereocenters. The minimum Gasteiger partial charge on any atom is -0.477 e. The molecule has 0 saturated carbocycles. The molecule has 0 unspecified atom stereocenters. The van der Waals surface area contributed by atoms with Crippen LogP contribution in [-0.2, 0) is 11.3 Å². The molecule has 4 nitrogen and oxygen atoms in total. The first-order valence-electron chi connectivity index (χ1n) is 4.63. The molecule has 0 aromatic carbocycles. The van der Waals surface area contributed by atoms with Crippen LogP contribution in [0, 0.1) is 0 Å². The van der Waals surface area contributed by atoms with Crippen LogP contribution < -0.4 is 0 Å². The maximum atomic E-state index is 10.7. The zero-order chi connectivity index (χ0) is 10.4. The van der Waals surface area contributed by atoms with E-state index in [1.807, 2.05) is 0 Å². The summed E-state index contributed by atoms with van der Waals surface area (Å²) in [5, 5.41) is 8.81. The van der Waals surface area contributed by atoms with E-state index >= 15 is 0 Å². The number of aryl methyl sites for hydroxylation is 1. The van der Waals surface area contributed by atoms with Crippen LogP contribution >= 0.6 is 0 Å². The molecule has 4 heteroatoms. The fraction of sp³-hybridized carbons (Fsp3) is 0.500. The molecule has 0 fully saturated rings. The third kappa shape index (κ3) is 2.88. The molecule has 0 bridgehead atoms. The summed E-state index contributed by atoms with van der Waals surface area (Å²) < 4.78 is 6.66. The molecular formula is C10H15NO3.